The molecular weight excluding hydrogens is 350 g/mol. The van der Waals surface area contributed by atoms with Gasteiger partial charge in [0.2, 0.25) is 0 Å². The largest absolute Gasteiger partial charge is 0.348 e. The molecule has 0 aliphatic rings. The molecule has 0 amide bonds. The van der Waals surface area contributed by atoms with E-state index in [1.807, 2.05) is 36.4 Å². The van der Waals surface area contributed by atoms with Crippen molar-refractivity contribution in [3.8, 4) is 11.9 Å². The molecular formula is C22H17N5O. The minimum Gasteiger partial charge on any atom is -0.348 e. The van der Waals surface area contributed by atoms with Crippen molar-refractivity contribution in [2.75, 3.05) is 0 Å². The number of benzene rings is 1. The number of aromatic amines is 1. The number of nitrogens with zero attached hydrogens (tertiary/aromatic N) is 4. The Kier molecular flexibility index (Phi) is 4.81. The lowest BCUT2D eigenvalue weighted by Gasteiger charge is -2.16. The predicted molar refractivity (Wildman–Crippen MR) is 105 cm³/mol. The molecule has 136 valence electrons. The molecule has 3 heterocycles. The lowest BCUT2D eigenvalue weighted by molar-refractivity contribution is 0.748. The van der Waals surface area contributed by atoms with Gasteiger partial charge in [0.1, 0.15) is 11.6 Å². The highest BCUT2D eigenvalue weighted by molar-refractivity contribution is 5.36. The van der Waals surface area contributed by atoms with Gasteiger partial charge in [0.25, 0.3) is 5.56 Å². The van der Waals surface area contributed by atoms with Gasteiger partial charge in [-0.05, 0) is 41.8 Å². The van der Waals surface area contributed by atoms with Crippen LogP contribution in [0.15, 0.2) is 84.2 Å². The second-order valence-electron chi connectivity index (χ2n) is 6.40. The summed E-state index contributed by atoms with van der Waals surface area (Å²) in [7, 11) is 0. The first kappa shape index (κ1) is 17.4. The summed E-state index contributed by atoms with van der Waals surface area (Å²) in [5.74, 6) is 1.45. The Morgan fingerprint density at radius 2 is 1.93 bits per heavy atom. The maximum absolute atomic E-state index is 12.0. The van der Waals surface area contributed by atoms with Crippen molar-refractivity contribution >= 4 is 0 Å². The van der Waals surface area contributed by atoms with E-state index in [9.17, 15) is 4.79 Å². The highest BCUT2D eigenvalue weighted by atomic mass is 16.1. The number of hydrogen-bond donors (Lipinski definition) is 1. The smallest absolute Gasteiger partial charge is 0.256 e. The number of pyridine rings is 2. The van der Waals surface area contributed by atoms with E-state index < -0.39 is 0 Å². The fourth-order valence-corrected chi connectivity index (χ4v) is 3.16. The summed E-state index contributed by atoms with van der Waals surface area (Å²) in [6, 6.07) is 18.5. The van der Waals surface area contributed by atoms with Crippen LogP contribution >= 0.6 is 0 Å². The molecule has 0 radical (unpaired) electrons. The van der Waals surface area contributed by atoms with Crippen molar-refractivity contribution < 1.29 is 0 Å². The Bertz CT molecular complexity index is 1150. The molecule has 6 nitrogen and oxygen atoms in total. The molecule has 0 saturated carbocycles. The van der Waals surface area contributed by atoms with Gasteiger partial charge in [-0.25, -0.2) is 9.97 Å². The fourth-order valence-electron chi connectivity index (χ4n) is 3.16. The van der Waals surface area contributed by atoms with E-state index >= 15 is 0 Å². The van der Waals surface area contributed by atoms with Gasteiger partial charge in [-0.15, -0.1) is 0 Å². The molecule has 3 aromatic heterocycles. The van der Waals surface area contributed by atoms with Crippen LogP contribution in [0.4, 0.5) is 0 Å². The van der Waals surface area contributed by atoms with Crippen LogP contribution in [0.3, 0.4) is 0 Å². The molecule has 28 heavy (non-hydrogen) atoms. The van der Waals surface area contributed by atoms with Crippen LogP contribution in [0, 0.1) is 11.3 Å². The Morgan fingerprint density at radius 3 is 2.57 bits per heavy atom. The summed E-state index contributed by atoms with van der Waals surface area (Å²) in [6.07, 6.45) is 7.71. The zero-order valence-electron chi connectivity index (χ0n) is 15.0. The van der Waals surface area contributed by atoms with Gasteiger partial charge >= 0.3 is 0 Å². The van der Waals surface area contributed by atoms with E-state index in [0.717, 1.165) is 17.0 Å². The van der Waals surface area contributed by atoms with Crippen molar-refractivity contribution in [1.82, 2.24) is 19.5 Å². The summed E-state index contributed by atoms with van der Waals surface area (Å²) in [4.78, 5) is 24.0. The van der Waals surface area contributed by atoms with Gasteiger partial charge in [-0.3, -0.25) is 9.36 Å². The molecule has 4 rings (SSSR count). The number of nitrogens with one attached hydrogen (secondary N) is 1. The normalized spacial score (nSPS) is 11.7. The first-order valence-corrected chi connectivity index (χ1v) is 8.87. The van der Waals surface area contributed by atoms with E-state index in [2.05, 4.69) is 21.0 Å². The zero-order chi connectivity index (χ0) is 19.3. The van der Waals surface area contributed by atoms with Gasteiger partial charge < -0.3 is 4.98 Å². The number of nitriles is 1. The van der Waals surface area contributed by atoms with Gasteiger partial charge in [-0.1, -0.05) is 24.3 Å². The number of imidazole rings is 1. The molecule has 6 heteroatoms. The number of aromatic nitrogens is 4. The number of rotatable bonds is 5. The second-order valence-corrected chi connectivity index (χ2v) is 6.40. The van der Waals surface area contributed by atoms with E-state index in [0.29, 0.717) is 17.8 Å². The van der Waals surface area contributed by atoms with Crippen LogP contribution in [0.25, 0.3) is 5.82 Å². The minimum atomic E-state index is -0.117. The summed E-state index contributed by atoms with van der Waals surface area (Å²) in [5.41, 5.74) is 2.60. The molecule has 0 bridgehead atoms. The molecule has 1 unspecified atom stereocenters. The van der Waals surface area contributed by atoms with Gasteiger partial charge in [0, 0.05) is 36.8 Å². The number of hydrogen-bond acceptors (Lipinski definition) is 4. The minimum absolute atomic E-state index is 0.00911. The van der Waals surface area contributed by atoms with Crippen LogP contribution in [-0.4, -0.2) is 19.5 Å². The Morgan fingerprint density at radius 1 is 1.07 bits per heavy atom. The third-order valence-corrected chi connectivity index (χ3v) is 4.61. The van der Waals surface area contributed by atoms with Crippen LogP contribution < -0.4 is 5.56 Å². The second kappa shape index (κ2) is 7.72. The zero-order valence-corrected chi connectivity index (χ0v) is 15.0. The summed E-state index contributed by atoms with van der Waals surface area (Å²) in [6.45, 7) is 0. The molecule has 0 spiro atoms. The molecule has 1 aromatic carbocycles. The summed E-state index contributed by atoms with van der Waals surface area (Å²) < 4.78 is 1.51. The van der Waals surface area contributed by atoms with E-state index in [-0.39, 0.29) is 11.5 Å². The fraction of sp³-hybridized carbons (Fsp3) is 0.0909. The molecule has 0 aliphatic heterocycles. The average molecular weight is 367 g/mol. The molecule has 0 saturated heterocycles. The van der Waals surface area contributed by atoms with Crippen molar-refractivity contribution in [3.63, 3.8) is 0 Å². The third kappa shape index (κ3) is 3.60. The Balaban J connectivity index is 1.63. The average Bonchev–Trinajstić information content (AvgIpc) is 3.28. The predicted octanol–water partition coefficient (Wildman–Crippen LogP) is 3.20. The van der Waals surface area contributed by atoms with Crippen molar-refractivity contribution in [1.29, 1.82) is 5.26 Å². The van der Waals surface area contributed by atoms with Gasteiger partial charge in [0.05, 0.1) is 11.6 Å². The van der Waals surface area contributed by atoms with Gasteiger partial charge in [-0.2, -0.15) is 5.26 Å². The maximum atomic E-state index is 12.0. The molecule has 0 aliphatic carbocycles. The Hall–Kier alpha value is -3.98. The van der Waals surface area contributed by atoms with Gasteiger partial charge in [0.15, 0.2) is 0 Å². The van der Waals surface area contributed by atoms with Crippen molar-refractivity contribution in [2.45, 2.75) is 12.3 Å². The number of H-pyrrole nitrogens is 1. The third-order valence-electron chi connectivity index (χ3n) is 4.61. The topological polar surface area (TPSA) is 87.4 Å². The van der Waals surface area contributed by atoms with Crippen LogP contribution in [0.5, 0.6) is 0 Å². The van der Waals surface area contributed by atoms with Crippen LogP contribution in [-0.2, 0) is 6.42 Å². The quantitative estimate of drug-likeness (QED) is 0.587. The van der Waals surface area contributed by atoms with E-state index in [1.54, 1.807) is 36.9 Å². The molecule has 1 N–H and O–H groups in total. The maximum Gasteiger partial charge on any atom is 0.256 e. The lowest BCUT2D eigenvalue weighted by Crippen LogP contribution is -2.16. The summed E-state index contributed by atoms with van der Waals surface area (Å²) in [5, 5.41) is 9.02. The standard InChI is InChI=1S/C22H17N5O/c23-14-16-4-7-18(8-5-16)19(22-24-10-11-25-22)13-17-6-9-20(26-15-17)27-12-2-1-3-21(27)28/h1-12,15,19H,13H2,(H,24,25). The highest BCUT2D eigenvalue weighted by Gasteiger charge is 2.18. The molecule has 0 fully saturated rings. The highest BCUT2D eigenvalue weighted by Crippen LogP contribution is 2.26. The lowest BCUT2D eigenvalue weighted by atomic mass is 9.91. The Labute approximate surface area is 161 Å². The van der Waals surface area contributed by atoms with Crippen LogP contribution in [0.2, 0.25) is 0 Å². The first-order chi connectivity index (χ1) is 13.7. The van der Waals surface area contributed by atoms with E-state index in [4.69, 9.17) is 5.26 Å². The first-order valence-electron chi connectivity index (χ1n) is 8.87. The van der Waals surface area contributed by atoms with Crippen LogP contribution in [0.1, 0.15) is 28.4 Å². The SMILES string of the molecule is N#Cc1ccc(C(Cc2ccc(-n3ccccc3=O)nc2)c2ncc[nH]2)cc1. The summed E-state index contributed by atoms with van der Waals surface area (Å²) >= 11 is 0. The van der Waals surface area contributed by atoms with Crippen molar-refractivity contribution in [3.05, 3.63) is 112 Å². The monoisotopic (exact) mass is 367 g/mol. The van der Waals surface area contributed by atoms with Crippen molar-refractivity contribution in [2.24, 2.45) is 0 Å². The molecule has 1 atom stereocenters. The van der Waals surface area contributed by atoms with E-state index in [1.165, 1.54) is 10.6 Å². The molecule has 4 aromatic rings.